The zero-order valence-corrected chi connectivity index (χ0v) is 25.6. The molecular weight excluding hydrogens is 576 g/mol. The Kier molecular flexibility index (Phi) is 8.40. The molecule has 0 N–H and O–H groups in total. The minimum atomic E-state index is -4.32. The van der Waals surface area contributed by atoms with E-state index >= 15 is 0 Å². The molecule has 6 rings (SSSR count). The number of amides is 1. The maximum Gasteiger partial charge on any atom is 0.344 e. The molecule has 3 aromatic carbocycles. The number of hydrogen-bond donors (Lipinski definition) is 0. The van der Waals surface area contributed by atoms with Crippen molar-refractivity contribution in [2.24, 2.45) is 0 Å². The van der Waals surface area contributed by atoms with Crippen molar-refractivity contribution in [1.29, 1.82) is 5.26 Å². The molecule has 0 spiro atoms. The van der Waals surface area contributed by atoms with Crippen LogP contribution in [-0.4, -0.2) is 89.4 Å². The van der Waals surface area contributed by atoms with Gasteiger partial charge in [0.1, 0.15) is 6.04 Å². The Bertz CT molecular complexity index is 1860. The summed E-state index contributed by atoms with van der Waals surface area (Å²) in [5.41, 5.74) is 0.274. The molecule has 4 aromatic rings. The third-order valence-electron chi connectivity index (χ3n) is 8.79. The van der Waals surface area contributed by atoms with Crippen LogP contribution in [0.3, 0.4) is 0 Å². The van der Waals surface area contributed by atoms with Crippen molar-refractivity contribution < 1.29 is 13.2 Å². The number of nitriles is 1. The average Bonchev–Trinajstić information content (AvgIpc) is 3.66. The first-order valence-corrected chi connectivity index (χ1v) is 16.6. The van der Waals surface area contributed by atoms with Crippen LogP contribution in [0.15, 0.2) is 88.6 Å². The van der Waals surface area contributed by atoms with Gasteiger partial charge in [0, 0.05) is 45.3 Å². The molecule has 228 valence electrons. The molecule has 2 saturated heterocycles. The normalized spacial score (nSPS) is 18.8. The highest BCUT2D eigenvalue weighted by Gasteiger charge is 2.38. The fraction of sp³-hybridized carbons (Fsp3) is 0.364. The van der Waals surface area contributed by atoms with Crippen LogP contribution in [0.1, 0.15) is 36.9 Å². The van der Waals surface area contributed by atoms with Gasteiger partial charge in [-0.05, 0) is 55.3 Å². The Morgan fingerprint density at radius 3 is 2.27 bits per heavy atom. The summed E-state index contributed by atoms with van der Waals surface area (Å²) in [4.78, 5) is 35.5. The van der Waals surface area contributed by atoms with Gasteiger partial charge in [-0.1, -0.05) is 55.5 Å². The third-order valence-corrected chi connectivity index (χ3v) is 10.5. The van der Waals surface area contributed by atoms with E-state index in [9.17, 15) is 23.3 Å². The lowest BCUT2D eigenvalue weighted by Gasteiger charge is -2.38. The van der Waals surface area contributed by atoms with E-state index in [2.05, 4.69) is 22.8 Å². The van der Waals surface area contributed by atoms with Crippen molar-refractivity contribution in [2.75, 3.05) is 45.8 Å². The first-order chi connectivity index (χ1) is 21.3. The van der Waals surface area contributed by atoms with E-state index in [0.29, 0.717) is 18.7 Å². The highest BCUT2D eigenvalue weighted by Crippen LogP contribution is 2.30. The summed E-state index contributed by atoms with van der Waals surface area (Å²) >= 11 is 0. The summed E-state index contributed by atoms with van der Waals surface area (Å²) in [5.74, 6) is -0.274. The summed E-state index contributed by atoms with van der Waals surface area (Å²) < 4.78 is 29.8. The summed E-state index contributed by atoms with van der Waals surface area (Å²) in [7, 11) is -4.32. The zero-order chi connectivity index (χ0) is 30.8. The van der Waals surface area contributed by atoms with Gasteiger partial charge in [-0.15, -0.1) is 0 Å². The molecule has 2 aliphatic rings. The number of imidazole rings is 1. The molecule has 2 atom stereocenters. The zero-order valence-electron chi connectivity index (χ0n) is 24.7. The van der Waals surface area contributed by atoms with Gasteiger partial charge in [0.2, 0.25) is 0 Å². The van der Waals surface area contributed by atoms with Crippen molar-refractivity contribution in [1.82, 2.24) is 23.2 Å². The molecule has 0 saturated carbocycles. The fourth-order valence-electron chi connectivity index (χ4n) is 6.56. The number of hydrogen-bond acceptors (Lipinski definition) is 7. The van der Waals surface area contributed by atoms with E-state index < -0.39 is 21.8 Å². The van der Waals surface area contributed by atoms with Gasteiger partial charge in [0.05, 0.1) is 27.6 Å². The van der Waals surface area contributed by atoms with Crippen molar-refractivity contribution >= 4 is 27.0 Å². The monoisotopic (exact) mass is 612 g/mol. The Balaban J connectivity index is 1.42. The van der Waals surface area contributed by atoms with E-state index in [1.165, 1.54) is 34.9 Å². The van der Waals surface area contributed by atoms with Crippen LogP contribution in [0.4, 0.5) is 0 Å². The smallest absolute Gasteiger partial charge is 0.339 e. The Labute approximate surface area is 257 Å². The maximum absolute atomic E-state index is 14.5. The van der Waals surface area contributed by atoms with Gasteiger partial charge < -0.3 is 9.80 Å². The van der Waals surface area contributed by atoms with E-state index in [1.807, 2.05) is 6.07 Å². The largest absolute Gasteiger partial charge is 0.344 e. The lowest BCUT2D eigenvalue weighted by molar-refractivity contribution is -0.132. The van der Waals surface area contributed by atoms with Gasteiger partial charge in [-0.3, -0.25) is 14.3 Å². The number of benzene rings is 3. The molecule has 0 bridgehead atoms. The van der Waals surface area contributed by atoms with Crippen LogP contribution in [0.25, 0.3) is 11.0 Å². The average molecular weight is 613 g/mol. The SMILES string of the molecule is CCCN1CCN([C@H]2CCN(C(=O)C(c3ccccc3)n3c(=O)n(S(=O)(=O)c4ccccc4)c4ccc(C#N)cc43)C2)CC1. The van der Waals surface area contributed by atoms with Crippen LogP contribution in [0.2, 0.25) is 0 Å². The second-order valence-corrected chi connectivity index (χ2v) is 13.3. The molecule has 3 heterocycles. The first kappa shape index (κ1) is 29.8. The number of nitrogens with zero attached hydrogens (tertiary/aromatic N) is 6. The Morgan fingerprint density at radius 1 is 0.932 bits per heavy atom. The van der Waals surface area contributed by atoms with Crippen LogP contribution in [0, 0.1) is 11.3 Å². The number of carbonyl (C=O) groups excluding carboxylic acids is 1. The number of carbonyl (C=O) groups is 1. The summed E-state index contributed by atoms with van der Waals surface area (Å²) in [6.07, 6.45) is 1.96. The fourth-order valence-corrected chi connectivity index (χ4v) is 7.98. The number of likely N-dealkylation sites (tertiary alicyclic amines) is 1. The second-order valence-electron chi connectivity index (χ2n) is 11.5. The van der Waals surface area contributed by atoms with E-state index in [4.69, 9.17) is 0 Å². The van der Waals surface area contributed by atoms with Gasteiger partial charge >= 0.3 is 5.69 Å². The highest BCUT2D eigenvalue weighted by atomic mass is 32.2. The van der Waals surface area contributed by atoms with Gasteiger partial charge in [-0.25, -0.2) is 13.2 Å². The van der Waals surface area contributed by atoms with Crippen molar-refractivity contribution in [2.45, 2.75) is 36.7 Å². The molecule has 44 heavy (non-hydrogen) atoms. The number of rotatable bonds is 8. The van der Waals surface area contributed by atoms with Crippen molar-refractivity contribution in [3.05, 3.63) is 100 Å². The Hall–Kier alpha value is -4.24. The minimum Gasteiger partial charge on any atom is -0.339 e. The van der Waals surface area contributed by atoms with Crippen molar-refractivity contribution in [3.8, 4) is 6.07 Å². The highest BCUT2D eigenvalue weighted by molar-refractivity contribution is 7.90. The number of piperazine rings is 1. The number of fused-ring (bicyclic) bond motifs is 1. The molecule has 2 fully saturated rings. The second kappa shape index (κ2) is 12.4. The molecule has 1 unspecified atom stereocenters. The topological polar surface area (TPSA) is 112 Å². The molecule has 1 aromatic heterocycles. The Morgan fingerprint density at radius 2 is 1.61 bits per heavy atom. The molecule has 11 heteroatoms. The predicted molar refractivity (Wildman–Crippen MR) is 168 cm³/mol. The first-order valence-electron chi connectivity index (χ1n) is 15.1. The summed E-state index contributed by atoms with van der Waals surface area (Å²) in [6, 6.07) is 22.3. The molecule has 0 aliphatic carbocycles. The number of aromatic nitrogens is 2. The summed E-state index contributed by atoms with van der Waals surface area (Å²) in [6.45, 7) is 8.30. The molecular formula is C33H36N6O4S. The molecule has 1 amide bonds. The predicted octanol–water partition coefficient (Wildman–Crippen LogP) is 3.13. The van der Waals surface area contributed by atoms with Gasteiger partial charge in [-0.2, -0.15) is 9.23 Å². The standard InChI is InChI=1S/C33H36N6O4S/c1-2-16-35-18-20-36(21-19-35)27-15-17-37(24-27)32(40)31(26-9-5-3-6-10-26)38-30-22-25(23-34)13-14-29(30)39(33(38)41)44(42,43)28-11-7-4-8-12-28/h3-14,22,27,31H,2,15-21,24H2,1H3/t27-,31?/m0/s1. The van der Waals surface area contributed by atoms with Crippen LogP contribution < -0.4 is 5.69 Å². The molecule has 2 aliphatic heterocycles. The van der Waals surface area contributed by atoms with Gasteiger partial charge in [0.15, 0.2) is 0 Å². The van der Waals surface area contributed by atoms with Crippen molar-refractivity contribution in [3.63, 3.8) is 0 Å². The van der Waals surface area contributed by atoms with E-state index in [1.54, 1.807) is 47.4 Å². The summed E-state index contributed by atoms with van der Waals surface area (Å²) in [5, 5.41) is 9.69. The van der Waals surface area contributed by atoms with Crippen LogP contribution in [0.5, 0.6) is 0 Å². The van der Waals surface area contributed by atoms with E-state index in [0.717, 1.165) is 49.5 Å². The van der Waals surface area contributed by atoms with E-state index in [-0.39, 0.29) is 33.4 Å². The molecule has 0 radical (unpaired) electrons. The third kappa shape index (κ3) is 5.45. The maximum atomic E-state index is 14.5. The lowest BCUT2D eigenvalue weighted by Crippen LogP contribution is -2.51. The quantitative estimate of drug-likeness (QED) is 0.301. The van der Waals surface area contributed by atoms with Gasteiger partial charge in [0.25, 0.3) is 15.9 Å². The van der Waals surface area contributed by atoms with Crippen LogP contribution in [-0.2, 0) is 14.8 Å². The lowest BCUT2D eigenvalue weighted by atomic mass is 10.0. The van der Waals surface area contributed by atoms with Crippen LogP contribution >= 0.6 is 0 Å². The minimum absolute atomic E-state index is 0.0467. The molecule has 10 nitrogen and oxygen atoms in total.